The lowest BCUT2D eigenvalue weighted by Gasteiger charge is -2.17. The number of rotatable bonds is 3. The Balaban J connectivity index is 2.40. The van der Waals surface area contributed by atoms with Gasteiger partial charge in [0.1, 0.15) is 11.4 Å². The summed E-state index contributed by atoms with van der Waals surface area (Å²) in [5.74, 6) is -1.93. The first-order chi connectivity index (χ1) is 12.7. The van der Waals surface area contributed by atoms with Crippen molar-refractivity contribution in [1.82, 2.24) is 4.57 Å². The molecule has 0 amide bonds. The zero-order valence-electron chi connectivity index (χ0n) is 13.8. The third-order valence-corrected chi connectivity index (χ3v) is 5.25. The summed E-state index contributed by atoms with van der Waals surface area (Å²) in [6.45, 7) is 1.57. The molecule has 3 aromatic rings. The Kier molecular flexibility index (Phi) is 5.29. The summed E-state index contributed by atoms with van der Waals surface area (Å²) in [6, 6.07) is 9.53. The molecule has 0 unspecified atom stereocenters. The van der Waals surface area contributed by atoms with E-state index >= 15 is 0 Å². The maximum atomic E-state index is 13.2. The SMILES string of the molecule is Cc1c(Cl)c(-c2ccc(Cl)c(Cl)c2)c(C(=O)O)c(=O)n1-c1ccc(F)cc1. The Morgan fingerprint density at radius 3 is 2.22 bits per heavy atom. The second-order valence-corrected chi connectivity index (χ2v) is 6.89. The van der Waals surface area contributed by atoms with Crippen molar-refractivity contribution in [3.63, 3.8) is 0 Å². The summed E-state index contributed by atoms with van der Waals surface area (Å²) in [5, 5.41) is 10.2. The minimum Gasteiger partial charge on any atom is -0.477 e. The lowest BCUT2D eigenvalue weighted by molar-refractivity contribution is 0.0695. The van der Waals surface area contributed by atoms with E-state index in [4.69, 9.17) is 34.8 Å². The van der Waals surface area contributed by atoms with Crippen molar-refractivity contribution < 1.29 is 14.3 Å². The van der Waals surface area contributed by atoms with Gasteiger partial charge < -0.3 is 5.11 Å². The van der Waals surface area contributed by atoms with Crippen LogP contribution in [0, 0.1) is 12.7 Å². The number of aromatic carboxylic acids is 1. The normalized spacial score (nSPS) is 10.9. The average Bonchev–Trinajstić information content (AvgIpc) is 2.61. The van der Waals surface area contributed by atoms with Crippen molar-refractivity contribution in [1.29, 1.82) is 0 Å². The fraction of sp³-hybridized carbons (Fsp3) is 0.0526. The van der Waals surface area contributed by atoms with Crippen LogP contribution in [0.5, 0.6) is 0 Å². The smallest absolute Gasteiger partial charge is 0.342 e. The van der Waals surface area contributed by atoms with Crippen LogP contribution in [0.1, 0.15) is 16.1 Å². The van der Waals surface area contributed by atoms with Crippen molar-refractivity contribution in [3.05, 3.63) is 85.0 Å². The van der Waals surface area contributed by atoms with Gasteiger partial charge in [-0.3, -0.25) is 9.36 Å². The Labute approximate surface area is 168 Å². The molecule has 0 saturated heterocycles. The van der Waals surface area contributed by atoms with Crippen LogP contribution < -0.4 is 5.56 Å². The highest BCUT2D eigenvalue weighted by atomic mass is 35.5. The van der Waals surface area contributed by atoms with Crippen LogP contribution in [0.2, 0.25) is 15.1 Å². The van der Waals surface area contributed by atoms with E-state index in [0.29, 0.717) is 16.9 Å². The maximum absolute atomic E-state index is 13.2. The van der Waals surface area contributed by atoms with E-state index in [1.54, 1.807) is 6.92 Å². The van der Waals surface area contributed by atoms with Gasteiger partial charge >= 0.3 is 5.97 Å². The van der Waals surface area contributed by atoms with Crippen LogP contribution in [-0.2, 0) is 0 Å². The van der Waals surface area contributed by atoms with Crippen molar-refractivity contribution in [2.45, 2.75) is 6.92 Å². The highest BCUT2D eigenvalue weighted by molar-refractivity contribution is 6.42. The van der Waals surface area contributed by atoms with Gasteiger partial charge in [-0.25, -0.2) is 9.18 Å². The molecule has 0 spiro atoms. The van der Waals surface area contributed by atoms with Crippen LogP contribution in [0.3, 0.4) is 0 Å². The first-order valence-electron chi connectivity index (χ1n) is 7.62. The summed E-state index contributed by atoms with van der Waals surface area (Å²) in [5.41, 5.74) is -0.324. The second kappa shape index (κ2) is 7.35. The van der Waals surface area contributed by atoms with Gasteiger partial charge in [0.05, 0.1) is 15.1 Å². The monoisotopic (exact) mass is 425 g/mol. The number of carboxylic acids is 1. The molecule has 4 nitrogen and oxygen atoms in total. The lowest BCUT2D eigenvalue weighted by atomic mass is 9.99. The first-order valence-corrected chi connectivity index (χ1v) is 8.75. The number of carboxylic acid groups (broad SMARTS) is 1. The van der Waals surface area contributed by atoms with Gasteiger partial charge in [0, 0.05) is 16.9 Å². The third-order valence-electron chi connectivity index (χ3n) is 4.05. The molecular formula is C19H11Cl3FNO3. The number of carbonyl (C=O) groups is 1. The molecule has 1 N–H and O–H groups in total. The van der Waals surface area contributed by atoms with Crippen LogP contribution in [0.25, 0.3) is 16.8 Å². The molecule has 0 aliphatic carbocycles. The summed E-state index contributed by atoms with van der Waals surface area (Å²) in [4.78, 5) is 24.9. The minimum atomic E-state index is -1.45. The molecule has 2 aromatic carbocycles. The summed E-state index contributed by atoms with van der Waals surface area (Å²) in [6.07, 6.45) is 0. The highest BCUT2D eigenvalue weighted by Gasteiger charge is 2.25. The van der Waals surface area contributed by atoms with E-state index in [2.05, 4.69) is 0 Å². The molecule has 0 bridgehead atoms. The Hall–Kier alpha value is -2.34. The van der Waals surface area contributed by atoms with Crippen LogP contribution >= 0.6 is 34.8 Å². The maximum Gasteiger partial charge on any atom is 0.342 e. The lowest BCUT2D eigenvalue weighted by Crippen LogP contribution is -2.28. The molecule has 0 aliphatic heterocycles. The van der Waals surface area contributed by atoms with E-state index in [0.717, 1.165) is 4.57 Å². The minimum absolute atomic E-state index is 0.0450. The Morgan fingerprint density at radius 1 is 1.04 bits per heavy atom. The molecule has 0 atom stereocenters. The largest absolute Gasteiger partial charge is 0.477 e. The summed E-state index contributed by atoms with van der Waals surface area (Å²) >= 11 is 18.4. The third kappa shape index (κ3) is 3.46. The van der Waals surface area contributed by atoms with Gasteiger partial charge in [-0.2, -0.15) is 0 Å². The van der Waals surface area contributed by atoms with Gasteiger partial charge in [0.2, 0.25) is 0 Å². The van der Waals surface area contributed by atoms with E-state index in [9.17, 15) is 19.1 Å². The molecule has 0 fully saturated rings. The molecule has 0 aliphatic rings. The van der Waals surface area contributed by atoms with Crippen molar-refractivity contribution in [2.75, 3.05) is 0 Å². The standard InChI is InChI=1S/C19H11Cl3FNO3/c1-9-17(22)15(10-2-7-13(20)14(21)8-10)16(19(26)27)18(25)24(9)12-5-3-11(23)4-6-12/h2-8H,1H3,(H,26,27). The van der Waals surface area contributed by atoms with Crippen LogP contribution in [0.15, 0.2) is 47.3 Å². The molecule has 1 heterocycles. The molecule has 138 valence electrons. The van der Waals surface area contributed by atoms with E-state index in [-0.39, 0.29) is 20.6 Å². The number of aromatic nitrogens is 1. The number of hydrogen-bond acceptors (Lipinski definition) is 2. The Bertz CT molecular complexity index is 1120. The molecular weight excluding hydrogens is 416 g/mol. The molecule has 27 heavy (non-hydrogen) atoms. The highest BCUT2D eigenvalue weighted by Crippen LogP contribution is 2.36. The van der Waals surface area contributed by atoms with Gasteiger partial charge in [-0.05, 0) is 48.9 Å². The molecule has 1 aromatic heterocycles. The zero-order valence-corrected chi connectivity index (χ0v) is 16.0. The predicted octanol–water partition coefficient (Wildman–Crippen LogP) is 5.61. The van der Waals surface area contributed by atoms with Gasteiger partial charge in [-0.1, -0.05) is 40.9 Å². The van der Waals surface area contributed by atoms with Crippen molar-refractivity contribution >= 4 is 40.8 Å². The first kappa shape index (κ1) is 19.4. The number of halogens is 4. The quantitative estimate of drug-likeness (QED) is 0.592. The number of hydrogen-bond donors (Lipinski definition) is 1. The average molecular weight is 427 g/mol. The number of pyridine rings is 1. The summed E-state index contributed by atoms with van der Waals surface area (Å²) in [7, 11) is 0. The Morgan fingerprint density at radius 2 is 1.67 bits per heavy atom. The molecule has 3 rings (SSSR count). The van der Waals surface area contributed by atoms with Gasteiger partial charge in [0.25, 0.3) is 5.56 Å². The van der Waals surface area contributed by atoms with Crippen LogP contribution in [-0.4, -0.2) is 15.6 Å². The van der Waals surface area contributed by atoms with Crippen LogP contribution in [0.4, 0.5) is 4.39 Å². The van der Waals surface area contributed by atoms with Crippen molar-refractivity contribution in [2.24, 2.45) is 0 Å². The second-order valence-electron chi connectivity index (χ2n) is 5.70. The van der Waals surface area contributed by atoms with Crippen molar-refractivity contribution in [3.8, 4) is 16.8 Å². The fourth-order valence-electron chi connectivity index (χ4n) is 2.78. The molecule has 0 radical (unpaired) electrons. The number of benzene rings is 2. The zero-order chi connectivity index (χ0) is 19.9. The molecule has 8 heteroatoms. The van der Waals surface area contributed by atoms with E-state index < -0.39 is 22.9 Å². The number of nitrogens with zero attached hydrogens (tertiary/aromatic N) is 1. The van der Waals surface area contributed by atoms with E-state index in [1.165, 1.54) is 42.5 Å². The topological polar surface area (TPSA) is 59.3 Å². The predicted molar refractivity (Wildman–Crippen MR) is 104 cm³/mol. The van der Waals surface area contributed by atoms with Gasteiger partial charge in [0.15, 0.2) is 0 Å². The molecule has 0 saturated carbocycles. The van der Waals surface area contributed by atoms with Gasteiger partial charge in [-0.15, -0.1) is 0 Å². The fourth-order valence-corrected chi connectivity index (χ4v) is 3.37. The van der Waals surface area contributed by atoms with E-state index in [1.807, 2.05) is 0 Å². The summed E-state index contributed by atoms with van der Waals surface area (Å²) < 4.78 is 14.3.